The molecular formula is C25H29F2N6OP. The van der Waals surface area contributed by atoms with Gasteiger partial charge in [0, 0.05) is 41.7 Å². The maximum absolute atomic E-state index is 15.0. The lowest BCUT2D eigenvalue weighted by Gasteiger charge is -2.36. The predicted octanol–water partition coefficient (Wildman–Crippen LogP) is 4.73. The maximum Gasteiger partial charge on any atom is 0.277 e. The van der Waals surface area contributed by atoms with Crippen LogP contribution >= 0.6 is 7.14 Å². The van der Waals surface area contributed by atoms with E-state index in [1.54, 1.807) is 31.7 Å². The van der Waals surface area contributed by atoms with Crippen LogP contribution in [0.3, 0.4) is 0 Å². The fourth-order valence-electron chi connectivity index (χ4n) is 5.19. The molecule has 3 heterocycles. The number of nitrogens with one attached hydrogen (secondary N) is 3. The van der Waals surface area contributed by atoms with Crippen LogP contribution in [0.15, 0.2) is 18.3 Å². The molecule has 0 bridgehead atoms. The standard InChI is InChI=1S/C25H29F2N6OP/c1-24(2)9-7-15(12-30-24)31-23-32-18-8-10-25(26,27)19(18)20(33-23)17-13-29-21-16(17)6-5-14(11-28)22(21)35(3,4)34/h5-6,13,15,29-30H,7-10,12H2,1-4H3,(H,31,32,33)/t15-/m0/s1. The summed E-state index contributed by atoms with van der Waals surface area (Å²) in [5.74, 6) is -2.70. The Morgan fingerprint density at radius 1 is 1.23 bits per heavy atom. The number of piperidine rings is 1. The van der Waals surface area contributed by atoms with Gasteiger partial charge in [-0.1, -0.05) is 6.07 Å². The van der Waals surface area contributed by atoms with E-state index in [1.807, 2.05) is 0 Å². The molecule has 2 aromatic heterocycles. The van der Waals surface area contributed by atoms with Crippen molar-refractivity contribution >= 4 is 29.3 Å². The number of aromatic amines is 1. The minimum atomic E-state index is -3.04. The monoisotopic (exact) mass is 498 g/mol. The fourth-order valence-corrected chi connectivity index (χ4v) is 6.62. The quantitative estimate of drug-likeness (QED) is 0.449. The second-order valence-corrected chi connectivity index (χ2v) is 13.8. The number of rotatable bonds is 4. The van der Waals surface area contributed by atoms with Gasteiger partial charge in [0.25, 0.3) is 5.92 Å². The smallest absolute Gasteiger partial charge is 0.277 e. The average Bonchev–Trinajstić information content (AvgIpc) is 3.34. The van der Waals surface area contributed by atoms with Crippen molar-refractivity contribution in [2.75, 3.05) is 25.2 Å². The largest absolute Gasteiger partial charge is 0.360 e. The Morgan fingerprint density at radius 2 is 2.00 bits per heavy atom. The second-order valence-electron chi connectivity index (χ2n) is 10.6. The molecule has 1 fully saturated rings. The highest BCUT2D eigenvalue weighted by Crippen LogP contribution is 2.47. The van der Waals surface area contributed by atoms with Crippen LogP contribution in [-0.2, 0) is 16.9 Å². The van der Waals surface area contributed by atoms with E-state index < -0.39 is 13.1 Å². The van der Waals surface area contributed by atoms with E-state index in [4.69, 9.17) is 0 Å². The molecule has 184 valence electrons. The van der Waals surface area contributed by atoms with Crippen molar-refractivity contribution in [1.29, 1.82) is 5.26 Å². The number of hydrogen-bond donors (Lipinski definition) is 3. The summed E-state index contributed by atoms with van der Waals surface area (Å²) in [4.78, 5) is 12.2. The van der Waals surface area contributed by atoms with Crippen molar-refractivity contribution in [3.05, 3.63) is 35.2 Å². The third-order valence-electron chi connectivity index (χ3n) is 7.05. The molecule has 5 rings (SSSR count). The van der Waals surface area contributed by atoms with Crippen LogP contribution in [-0.4, -0.2) is 46.4 Å². The van der Waals surface area contributed by atoms with E-state index in [1.165, 1.54) is 0 Å². The summed E-state index contributed by atoms with van der Waals surface area (Å²) in [7, 11) is -2.84. The Hall–Kier alpha value is -2.82. The van der Waals surface area contributed by atoms with E-state index in [2.05, 4.69) is 45.5 Å². The van der Waals surface area contributed by atoms with Crippen LogP contribution in [0.1, 0.15) is 49.9 Å². The summed E-state index contributed by atoms with van der Waals surface area (Å²) >= 11 is 0. The Bertz CT molecular complexity index is 1410. The van der Waals surface area contributed by atoms with Crippen LogP contribution in [0.4, 0.5) is 14.7 Å². The van der Waals surface area contributed by atoms with Crippen LogP contribution in [0.5, 0.6) is 0 Å². The fraction of sp³-hybridized carbons (Fsp3) is 0.480. The molecule has 1 aliphatic heterocycles. The minimum Gasteiger partial charge on any atom is -0.360 e. The molecule has 0 spiro atoms. The van der Waals surface area contributed by atoms with Crippen LogP contribution in [0.25, 0.3) is 22.2 Å². The van der Waals surface area contributed by atoms with E-state index in [0.29, 0.717) is 39.0 Å². The molecule has 0 saturated carbocycles. The van der Waals surface area contributed by atoms with Gasteiger partial charge in [-0.15, -0.1) is 0 Å². The highest BCUT2D eigenvalue weighted by molar-refractivity contribution is 7.70. The Morgan fingerprint density at radius 3 is 2.66 bits per heavy atom. The van der Waals surface area contributed by atoms with Gasteiger partial charge in [-0.2, -0.15) is 5.26 Å². The van der Waals surface area contributed by atoms with E-state index >= 15 is 8.78 Å². The molecule has 1 aromatic carbocycles. The number of hydrogen-bond acceptors (Lipinski definition) is 6. The first-order chi connectivity index (χ1) is 16.4. The van der Waals surface area contributed by atoms with E-state index in [0.717, 1.165) is 19.4 Å². The number of benzene rings is 1. The van der Waals surface area contributed by atoms with E-state index in [9.17, 15) is 9.83 Å². The molecular weight excluding hydrogens is 469 g/mol. The van der Waals surface area contributed by atoms with Gasteiger partial charge in [-0.25, -0.2) is 18.7 Å². The van der Waals surface area contributed by atoms with Crippen molar-refractivity contribution in [2.24, 2.45) is 0 Å². The number of alkyl halides is 2. The molecule has 3 aromatic rings. The topological polar surface area (TPSA) is 106 Å². The van der Waals surface area contributed by atoms with Gasteiger partial charge >= 0.3 is 0 Å². The number of anilines is 1. The number of aromatic nitrogens is 3. The van der Waals surface area contributed by atoms with Gasteiger partial charge in [-0.3, -0.25) is 0 Å². The lowest BCUT2D eigenvalue weighted by atomic mass is 9.91. The molecule has 1 atom stereocenters. The molecule has 10 heteroatoms. The summed E-state index contributed by atoms with van der Waals surface area (Å²) in [6, 6.07) is 5.51. The zero-order valence-corrected chi connectivity index (χ0v) is 21.2. The molecule has 1 saturated heterocycles. The summed E-state index contributed by atoms with van der Waals surface area (Å²) in [6.07, 6.45) is 3.38. The highest BCUT2D eigenvalue weighted by Gasteiger charge is 2.44. The first kappa shape index (κ1) is 23.9. The van der Waals surface area contributed by atoms with Gasteiger partial charge in [0.05, 0.1) is 39.4 Å². The van der Waals surface area contributed by atoms with Crippen LogP contribution in [0.2, 0.25) is 0 Å². The normalized spacial score (nSPS) is 21.0. The molecule has 0 amide bonds. The van der Waals surface area contributed by atoms with Crippen molar-refractivity contribution < 1.29 is 13.3 Å². The highest BCUT2D eigenvalue weighted by atomic mass is 31.2. The molecule has 7 nitrogen and oxygen atoms in total. The van der Waals surface area contributed by atoms with Gasteiger partial charge in [-0.05, 0) is 52.5 Å². The van der Waals surface area contributed by atoms with Crippen molar-refractivity contribution in [3.63, 3.8) is 0 Å². The SMILES string of the molecule is CC1(C)CC[C@H](Nc2nc3c(c(-c4c[nH]c5c(P(C)(C)=O)c(C#N)ccc45)n2)C(F)(F)CC3)CN1. The second kappa shape index (κ2) is 8.11. The molecule has 3 N–H and O–H groups in total. The maximum atomic E-state index is 15.0. The molecule has 0 unspecified atom stereocenters. The third kappa shape index (κ3) is 4.23. The molecule has 35 heavy (non-hydrogen) atoms. The average molecular weight is 499 g/mol. The number of nitrogens with zero attached hydrogens (tertiary/aromatic N) is 3. The van der Waals surface area contributed by atoms with Gasteiger partial charge in [0.2, 0.25) is 5.95 Å². The number of aryl methyl sites for hydroxylation is 1. The van der Waals surface area contributed by atoms with Gasteiger partial charge in [0.15, 0.2) is 0 Å². The number of halogens is 2. The van der Waals surface area contributed by atoms with Gasteiger partial charge < -0.3 is 20.2 Å². The lowest BCUT2D eigenvalue weighted by molar-refractivity contribution is -0.00154. The first-order valence-corrected chi connectivity index (χ1v) is 14.4. The molecule has 0 radical (unpaired) electrons. The zero-order chi connectivity index (χ0) is 25.2. The number of H-pyrrole nitrogens is 1. The summed E-state index contributed by atoms with van der Waals surface area (Å²) < 4.78 is 43.1. The lowest BCUT2D eigenvalue weighted by Crippen LogP contribution is -2.50. The Kier molecular flexibility index (Phi) is 5.54. The third-order valence-corrected chi connectivity index (χ3v) is 8.59. The van der Waals surface area contributed by atoms with Crippen LogP contribution in [0, 0.1) is 11.3 Å². The van der Waals surface area contributed by atoms with Crippen LogP contribution < -0.4 is 15.9 Å². The van der Waals surface area contributed by atoms with Crippen molar-refractivity contribution in [1.82, 2.24) is 20.3 Å². The van der Waals surface area contributed by atoms with Crippen molar-refractivity contribution in [2.45, 2.75) is 57.0 Å². The first-order valence-electron chi connectivity index (χ1n) is 11.8. The van der Waals surface area contributed by atoms with Crippen molar-refractivity contribution in [3.8, 4) is 17.3 Å². The number of nitriles is 1. The number of fused-ring (bicyclic) bond motifs is 2. The summed E-state index contributed by atoms with van der Waals surface area (Å²) in [5.41, 5.74) is 1.77. The summed E-state index contributed by atoms with van der Waals surface area (Å²) in [5, 5.41) is 17.5. The zero-order valence-electron chi connectivity index (χ0n) is 20.3. The van der Waals surface area contributed by atoms with E-state index in [-0.39, 0.29) is 35.7 Å². The molecule has 1 aliphatic carbocycles. The Labute approximate surface area is 203 Å². The Balaban J connectivity index is 1.65. The van der Waals surface area contributed by atoms with Gasteiger partial charge in [0.1, 0.15) is 7.14 Å². The summed E-state index contributed by atoms with van der Waals surface area (Å²) in [6.45, 7) is 8.24. The minimum absolute atomic E-state index is 0.0617. The predicted molar refractivity (Wildman–Crippen MR) is 134 cm³/mol. The molecule has 2 aliphatic rings.